The fraction of sp³-hybridized carbons (Fsp3) is 0.833. The number of nitrogens with two attached hydrogens (primary N) is 1. The SMILES string of the molecule is CCCCCN/C=C(\N)CCCCC. The first-order chi connectivity index (χ1) is 6.81. The van der Waals surface area contributed by atoms with Crippen molar-refractivity contribution in [3.63, 3.8) is 0 Å². The minimum Gasteiger partial charge on any atom is -0.401 e. The molecule has 2 heteroatoms. The second-order valence-electron chi connectivity index (χ2n) is 3.84. The quantitative estimate of drug-likeness (QED) is 0.559. The van der Waals surface area contributed by atoms with E-state index in [1.165, 1.54) is 38.5 Å². The van der Waals surface area contributed by atoms with E-state index in [1.54, 1.807) is 0 Å². The van der Waals surface area contributed by atoms with Gasteiger partial charge in [-0.2, -0.15) is 0 Å². The third-order valence-electron chi connectivity index (χ3n) is 2.28. The molecule has 2 nitrogen and oxygen atoms in total. The molecule has 84 valence electrons. The van der Waals surface area contributed by atoms with Crippen molar-refractivity contribution < 1.29 is 0 Å². The maximum Gasteiger partial charge on any atom is 0.0240 e. The van der Waals surface area contributed by atoms with E-state index >= 15 is 0 Å². The van der Waals surface area contributed by atoms with Gasteiger partial charge in [-0.1, -0.05) is 39.5 Å². The molecule has 0 rings (SSSR count). The molecule has 0 spiro atoms. The van der Waals surface area contributed by atoms with Crippen LogP contribution in [0.2, 0.25) is 0 Å². The molecule has 0 aliphatic rings. The lowest BCUT2D eigenvalue weighted by molar-refractivity contribution is 0.671. The van der Waals surface area contributed by atoms with Crippen molar-refractivity contribution >= 4 is 0 Å². The van der Waals surface area contributed by atoms with Crippen LogP contribution >= 0.6 is 0 Å². The summed E-state index contributed by atoms with van der Waals surface area (Å²) in [7, 11) is 0. The minimum atomic E-state index is 0.995. The molecular formula is C12H26N2. The van der Waals surface area contributed by atoms with Gasteiger partial charge in [-0.15, -0.1) is 0 Å². The smallest absolute Gasteiger partial charge is 0.0240 e. The van der Waals surface area contributed by atoms with Crippen LogP contribution in [0.25, 0.3) is 0 Å². The molecule has 0 aromatic rings. The minimum absolute atomic E-state index is 0.995. The van der Waals surface area contributed by atoms with Crippen LogP contribution in [0.3, 0.4) is 0 Å². The summed E-state index contributed by atoms with van der Waals surface area (Å²) in [6, 6.07) is 0. The first-order valence-corrected chi connectivity index (χ1v) is 5.99. The Morgan fingerprint density at radius 2 is 1.71 bits per heavy atom. The summed E-state index contributed by atoms with van der Waals surface area (Å²) < 4.78 is 0. The number of hydrogen-bond acceptors (Lipinski definition) is 2. The molecule has 0 bridgehead atoms. The number of nitrogens with one attached hydrogen (secondary N) is 1. The largest absolute Gasteiger partial charge is 0.401 e. The van der Waals surface area contributed by atoms with Crippen molar-refractivity contribution in [3.05, 3.63) is 11.9 Å². The first kappa shape index (κ1) is 13.3. The van der Waals surface area contributed by atoms with Gasteiger partial charge >= 0.3 is 0 Å². The number of allylic oxidation sites excluding steroid dienone is 1. The van der Waals surface area contributed by atoms with Gasteiger partial charge in [-0.05, 0) is 19.3 Å². The van der Waals surface area contributed by atoms with Crippen LogP contribution < -0.4 is 11.1 Å². The van der Waals surface area contributed by atoms with Crippen LogP contribution in [0.4, 0.5) is 0 Å². The zero-order chi connectivity index (χ0) is 10.6. The molecule has 0 aromatic carbocycles. The Hall–Kier alpha value is -0.660. The van der Waals surface area contributed by atoms with E-state index in [9.17, 15) is 0 Å². The maximum atomic E-state index is 5.83. The van der Waals surface area contributed by atoms with Crippen molar-refractivity contribution in [2.75, 3.05) is 6.54 Å². The van der Waals surface area contributed by atoms with E-state index in [4.69, 9.17) is 5.73 Å². The highest BCUT2D eigenvalue weighted by atomic mass is 14.8. The molecule has 3 N–H and O–H groups in total. The molecule has 0 amide bonds. The van der Waals surface area contributed by atoms with Gasteiger partial charge in [0, 0.05) is 18.4 Å². The topological polar surface area (TPSA) is 38.0 Å². The lowest BCUT2D eigenvalue weighted by Gasteiger charge is -2.03. The van der Waals surface area contributed by atoms with Crippen molar-refractivity contribution in [1.29, 1.82) is 0 Å². The van der Waals surface area contributed by atoms with Gasteiger partial charge in [-0.3, -0.25) is 0 Å². The maximum absolute atomic E-state index is 5.83. The third kappa shape index (κ3) is 9.43. The Morgan fingerprint density at radius 3 is 2.36 bits per heavy atom. The predicted octanol–water partition coefficient (Wildman–Crippen LogP) is 3.15. The predicted molar refractivity (Wildman–Crippen MR) is 63.9 cm³/mol. The van der Waals surface area contributed by atoms with Gasteiger partial charge in [0.05, 0.1) is 0 Å². The summed E-state index contributed by atoms with van der Waals surface area (Å²) in [6.07, 6.45) is 10.6. The second-order valence-corrected chi connectivity index (χ2v) is 3.84. The van der Waals surface area contributed by atoms with E-state index < -0.39 is 0 Å². The normalized spacial score (nSPS) is 11.7. The van der Waals surface area contributed by atoms with Crippen LogP contribution in [-0.2, 0) is 0 Å². The van der Waals surface area contributed by atoms with E-state index in [0.717, 1.165) is 18.7 Å². The van der Waals surface area contributed by atoms with Crippen molar-refractivity contribution in [2.45, 2.75) is 58.8 Å². The standard InChI is InChI=1S/C12H26N2/c1-3-5-7-9-12(13)11-14-10-8-6-4-2/h11,14H,3-10,13H2,1-2H3/b12-11-. The lowest BCUT2D eigenvalue weighted by Crippen LogP contribution is -2.11. The monoisotopic (exact) mass is 198 g/mol. The fourth-order valence-corrected chi connectivity index (χ4v) is 1.33. The molecule has 0 aliphatic carbocycles. The highest BCUT2D eigenvalue weighted by Gasteiger charge is 1.90. The second kappa shape index (κ2) is 10.4. The zero-order valence-corrected chi connectivity index (χ0v) is 9.81. The Balaban J connectivity index is 3.27. The van der Waals surface area contributed by atoms with Gasteiger partial charge < -0.3 is 11.1 Å². The molecule has 0 aliphatic heterocycles. The fourth-order valence-electron chi connectivity index (χ4n) is 1.33. The molecule has 0 heterocycles. The van der Waals surface area contributed by atoms with Crippen molar-refractivity contribution in [1.82, 2.24) is 5.32 Å². The summed E-state index contributed by atoms with van der Waals surface area (Å²) in [5.41, 5.74) is 6.82. The van der Waals surface area contributed by atoms with Gasteiger partial charge in [-0.25, -0.2) is 0 Å². The van der Waals surface area contributed by atoms with Crippen LogP contribution in [-0.4, -0.2) is 6.54 Å². The molecule has 0 fully saturated rings. The third-order valence-corrected chi connectivity index (χ3v) is 2.28. The molecule has 0 atom stereocenters. The Labute approximate surface area is 89.0 Å². The number of unbranched alkanes of at least 4 members (excludes halogenated alkanes) is 4. The van der Waals surface area contributed by atoms with Crippen LogP contribution in [0.1, 0.15) is 58.8 Å². The average Bonchev–Trinajstić information content (AvgIpc) is 2.18. The Morgan fingerprint density at radius 1 is 1.07 bits per heavy atom. The van der Waals surface area contributed by atoms with Gasteiger partial charge in [0.1, 0.15) is 0 Å². The lowest BCUT2D eigenvalue weighted by atomic mass is 10.2. The van der Waals surface area contributed by atoms with Crippen molar-refractivity contribution in [3.8, 4) is 0 Å². The number of rotatable bonds is 9. The molecule has 14 heavy (non-hydrogen) atoms. The molecule has 0 saturated carbocycles. The van der Waals surface area contributed by atoms with Crippen LogP contribution in [0, 0.1) is 0 Å². The van der Waals surface area contributed by atoms with E-state index in [-0.39, 0.29) is 0 Å². The molecule has 0 unspecified atom stereocenters. The highest BCUT2D eigenvalue weighted by Crippen LogP contribution is 2.02. The van der Waals surface area contributed by atoms with Gasteiger partial charge in [0.2, 0.25) is 0 Å². The molecule has 0 aromatic heterocycles. The number of hydrogen-bond donors (Lipinski definition) is 2. The first-order valence-electron chi connectivity index (χ1n) is 5.99. The molecule has 0 saturated heterocycles. The van der Waals surface area contributed by atoms with Crippen LogP contribution in [0.15, 0.2) is 11.9 Å². The summed E-state index contributed by atoms with van der Waals surface area (Å²) in [4.78, 5) is 0. The van der Waals surface area contributed by atoms with E-state index in [2.05, 4.69) is 19.2 Å². The molecule has 0 radical (unpaired) electrons. The van der Waals surface area contributed by atoms with Gasteiger partial charge in [0.15, 0.2) is 0 Å². The molecular weight excluding hydrogens is 172 g/mol. The van der Waals surface area contributed by atoms with Crippen molar-refractivity contribution in [2.24, 2.45) is 5.73 Å². The summed E-state index contributed by atoms with van der Waals surface area (Å²) in [6.45, 7) is 5.49. The van der Waals surface area contributed by atoms with Crippen LogP contribution in [0.5, 0.6) is 0 Å². The Bertz CT molecular complexity index is 141. The summed E-state index contributed by atoms with van der Waals surface area (Å²) in [5, 5.41) is 3.26. The van der Waals surface area contributed by atoms with Gasteiger partial charge in [0.25, 0.3) is 0 Å². The Kier molecular flexibility index (Phi) is 9.93. The summed E-state index contributed by atoms with van der Waals surface area (Å²) >= 11 is 0. The van der Waals surface area contributed by atoms with E-state index in [1.807, 2.05) is 6.20 Å². The summed E-state index contributed by atoms with van der Waals surface area (Å²) in [5.74, 6) is 0. The average molecular weight is 198 g/mol. The van der Waals surface area contributed by atoms with E-state index in [0.29, 0.717) is 0 Å². The highest BCUT2D eigenvalue weighted by molar-refractivity contribution is 4.94. The zero-order valence-electron chi connectivity index (χ0n) is 9.81.